The van der Waals surface area contributed by atoms with Crippen LogP contribution in [0, 0.1) is 17.2 Å². The molecule has 2 rings (SSSR count). The minimum absolute atomic E-state index is 0.366. The second kappa shape index (κ2) is 7.45. The smallest absolute Gasteiger partial charge is 0.144 e. The Balaban J connectivity index is 2.03. The molecule has 1 aliphatic rings. The average Bonchev–Trinajstić information content (AvgIpc) is 2.46. The van der Waals surface area contributed by atoms with Gasteiger partial charge in [0.1, 0.15) is 11.9 Å². The molecule has 1 aliphatic carbocycles. The standard InChI is InChI=1S/C18H27N3/c1-13(2)7-6-8-14(3)20-18-16(12-19)11-15-9-4-5-10-17(15)21-18/h11,13-14H,4-10H2,1-3H3,(H,20,21). The highest BCUT2D eigenvalue weighted by molar-refractivity contribution is 5.55. The van der Waals surface area contributed by atoms with E-state index in [4.69, 9.17) is 4.98 Å². The van der Waals surface area contributed by atoms with Gasteiger partial charge in [0.15, 0.2) is 0 Å². The molecule has 0 aromatic carbocycles. The van der Waals surface area contributed by atoms with Gasteiger partial charge < -0.3 is 5.32 Å². The number of rotatable bonds is 6. The van der Waals surface area contributed by atoms with Crippen molar-refractivity contribution < 1.29 is 0 Å². The van der Waals surface area contributed by atoms with E-state index in [0.717, 1.165) is 31.0 Å². The normalized spacial score (nSPS) is 15.4. The fraction of sp³-hybridized carbons (Fsp3) is 0.667. The highest BCUT2D eigenvalue weighted by atomic mass is 15.0. The van der Waals surface area contributed by atoms with Crippen molar-refractivity contribution >= 4 is 5.82 Å². The molecular formula is C18H27N3. The van der Waals surface area contributed by atoms with E-state index in [0.29, 0.717) is 11.6 Å². The van der Waals surface area contributed by atoms with Crippen molar-refractivity contribution in [1.82, 2.24) is 4.98 Å². The first kappa shape index (κ1) is 15.8. The first-order valence-corrected chi connectivity index (χ1v) is 8.29. The summed E-state index contributed by atoms with van der Waals surface area (Å²) in [5.41, 5.74) is 3.17. The quantitative estimate of drug-likeness (QED) is 0.839. The van der Waals surface area contributed by atoms with Gasteiger partial charge >= 0.3 is 0 Å². The molecule has 0 spiro atoms. The predicted molar refractivity (Wildman–Crippen MR) is 87.4 cm³/mol. The van der Waals surface area contributed by atoms with Crippen molar-refractivity contribution in [2.75, 3.05) is 5.32 Å². The Labute approximate surface area is 128 Å². The van der Waals surface area contributed by atoms with Crippen LogP contribution in [0.15, 0.2) is 6.07 Å². The van der Waals surface area contributed by atoms with Crippen LogP contribution >= 0.6 is 0 Å². The molecule has 0 aliphatic heterocycles. The van der Waals surface area contributed by atoms with Crippen LogP contribution in [0.4, 0.5) is 5.82 Å². The van der Waals surface area contributed by atoms with E-state index < -0.39 is 0 Å². The van der Waals surface area contributed by atoms with Gasteiger partial charge in [-0.15, -0.1) is 0 Å². The maximum absolute atomic E-state index is 9.35. The van der Waals surface area contributed by atoms with Gasteiger partial charge in [0, 0.05) is 11.7 Å². The van der Waals surface area contributed by atoms with E-state index in [1.54, 1.807) is 0 Å². The molecule has 0 radical (unpaired) electrons. The van der Waals surface area contributed by atoms with Crippen molar-refractivity contribution in [2.45, 2.75) is 71.8 Å². The molecule has 0 amide bonds. The van der Waals surface area contributed by atoms with Gasteiger partial charge in [-0.3, -0.25) is 0 Å². The van der Waals surface area contributed by atoms with E-state index in [1.165, 1.54) is 36.9 Å². The zero-order valence-electron chi connectivity index (χ0n) is 13.6. The second-order valence-corrected chi connectivity index (χ2v) is 6.68. The molecule has 1 atom stereocenters. The van der Waals surface area contributed by atoms with E-state index in [2.05, 4.69) is 32.2 Å². The lowest BCUT2D eigenvalue weighted by molar-refractivity contribution is 0.520. The Hall–Kier alpha value is -1.56. The number of anilines is 1. The Morgan fingerprint density at radius 2 is 2.00 bits per heavy atom. The number of aromatic nitrogens is 1. The van der Waals surface area contributed by atoms with Crippen LogP contribution in [0.2, 0.25) is 0 Å². The molecule has 114 valence electrons. The molecule has 0 bridgehead atoms. The molecule has 1 heterocycles. The van der Waals surface area contributed by atoms with Gasteiger partial charge in [-0.25, -0.2) is 4.98 Å². The third kappa shape index (κ3) is 4.46. The zero-order chi connectivity index (χ0) is 15.2. The minimum atomic E-state index is 0.366. The Bertz CT molecular complexity index is 514. The average molecular weight is 285 g/mol. The first-order chi connectivity index (χ1) is 10.1. The summed E-state index contributed by atoms with van der Waals surface area (Å²) < 4.78 is 0. The van der Waals surface area contributed by atoms with Gasteiger partial charge in [0.2, 0.25) is 0 Å². The van der Waals surface area contributed by atoms with Crippen LogP contribution in [0.5, 0.6) is 0 Å². The minimum Gasteiger partial charge on any atom is -0.367 e. The SMILES string of the molecule is CC(C)CCCC(C)Nc1nc2c(cc1C#N)CCCC2. The number of nitriles is 1. The molecule has 1 unspecified atom stereocenters. The van der Waals surface area contributed by atoms with Crippen molar-refractivity contribution in [1.29, 1.82) is 5.26 Å². The lowest BCUT2D eigenvalue weighted by Crippen LogP contribution is -2.18. The lowest BCUT2D eigenvalue weighted by Gasteiger charge is -2.20. The monoisotopic (exact) mass is 285 g/mol. The van der Waals surface area contributed by atoms with Crippen molar-refractivity contribution in [3.05, 3.63) is 22.9 Å². The highest BCUT2D eigenvalue weighted by Crippen LogP contribution is 2.25. The molecule has 0 fully saturated rings. The number of aryl methyl sites for hydroxylation is 2. The summed E-state index contributed by atoms with van der Waals surface area (Å²) in [5, 5.41) is 12.8. The summed E-state index contributed by atoms with van der Waals surface area (Å²) in [6.07, 6.45) is 8.17. The largest absolute Gasteiger partial charge is 0.367 e. The molecule has 1 N–H and O–H groups in total. The molecule has 3 heteroatoms. The van der Waals surface area contributed by atoms with Crippen LogP contribution in [-0.2, 0) is 12.8 Å². The van der Waals surface area contributed by atoms with E-state index >= 15 is 0 Å². The highest BCUT2D eigenvalue weighted by Gasteiger charge is 2.16. The third-order valence-electron chi connectivity index (χ3n) is 4.22. The lowest BCUT2D eigenvalue weighted by atomic mass is 9.95. The zero-order valence-corrected chi connectivity index (χ0v) is 13.6. The summed E-state index contributed by atoms with van der Waals surface area (Å²) in [6.45, 7) is 6.70. The third-order valence-corrected chi connectivity index (χ3v) is 4.22. The number of nitrogens with zero attached hydrogens (tertiary/aromatic N) is 2. The molecular weight excluding hydrogens is 258 g/mol. The van der Waals surface area contributed by atoms with E-state index in [9.17, 15) is 5.26 Å². The van der Waals surface area contributed by atoms with Crippen LogP contribution in [0.25, 0.3) is 0 Å². The molecule has 0 saturated heterocycles. The molecule has 0 saturated carbocycles. The van der Waals surface area contributed by atoms with Gasteiger partial charge in [-0.2, -0.15) is 5.26 Å². The number of fused-ring (bicyclic) bond motifs is 1. The van der Waals surface area contributed by atoms with Gasteiger partial charge in [0.25, 0.3) is 0 Å². The van der Waals surface area contributed by atoms with Crippen LogP contribution in [0.1, 0.15) is 69.7 Å². The molecule has 21 heavy (non-hydrogen) atoms. The number of hydrogen-bond donors (Lipinski definition) is 1. The Kier molecular flexibility index (Phi) is 5.61. The molecule has 1 aromatic heterocycles. The second-order valence-electron chi connectivity index (χ2n) is 6.68. The number of pyridine rings is 1. The van der Waals surface area contributed by atoms with Crippen LogP contribution in [0.3, 0.4) is 0 Å². The summed E-state index contributed by atoms with van der Waals surface area (Å²) in [5.74, 6) is 1.55. The first-order valence-electron chi connectivity index (χ1n) is 8.29. The summed E-state index contributed by atoms with van der Waals surface area (Å²) in [7, 11) is 0. The number of nitrogens with one attached hydrogen (secondary N) is 1. The van der Waals surface area contributed by atoms with Crippen LogP contribution < -0.4 is 5.32 Å². The Morgan fingerprint density at radius 1 is 1.24 bits per heavy atom. The maximum atomic E-state index is 9.35. The van der Waals surface area contributed by atoms with Crippen molar-refractivity contribution in [2.24, 2.45) is 5.92 Å². The number of hydrogen-bond acceptors (Lipinski definition) is 3. The molecule has 1 aromatic rings. The topological polar surface area (TPSA) is 48.7 Å². The summed E-state index contributed by atoms with van der Waals surface area (Å²) in [6, 6.07) is 4.71. The van der Waals surface area contributed by atoms with Gasteiger partial charge in [-0.05, 0) is 56.6 Å². The summed E-state index contributed by atoms with van der Waals surface area (Å²) in [4.78, 5) is 4.73. The van der Waals surface area contributed by atoms with E-state index in [-0.39, 0.29) is 0 Å². The Morgan fingerprint density at radius 3 is 2.71 bits per heavy atom. The predicted octanol–water partition coefficient (Wildman–Crippen LogP) is 4.46. The van der Waals surface area contributed by atoms with Crippen molar-refractivity contribution in [3.8, 4) is 6.07 Å². The maximum Gasteiger partial charge on any atom is 0.144 e. The van der Waals surface area contributed by atoms with Crippen LogP contribution in [-0.4, -0.2) is 11.0 Å². The fourth-order valence-corrected chi connectivity index (χ4v) is 2.97. The van der Waals surface area contributed by atoms with Gasteiger partial charge in [-0.1, -0.05) is 26.7 Å². The van der Waals surface area contributed by atoms with Crippen molar-refractivity contribution in [3.63, 3.8) is 0 Å². The van der Waals surface area contributed by atoms with E-state index in [1.807, 2.05) is 6.07 Å². The fourth-order valence-electron chi connectivity index (χ4n) is 2.97. The van der Waals surface area contributed by atoms with Gasteiger partial charge in [0.05, 0.1) is 5.56 Å². The molecule has 3 nitrogen and oxygen atoms in total. The summed E-state index contributed by atoms with van der Waals surface area (Å²) >= 11 is 0.